The number of benzene rings is 1. The fraction of sp³-hybridized carbons (Fsp3) is 0.579. The third kappa shape index (κ3) is 4.42. The lowest BCUT2D eigenvalue weighted by molar-refractivity contribution is 0.0487. The maximum absolute atomic E-state index is 10.1. The monoisotopic (exact) mass is 329 g/mol. The van der Waals surface area contributed by atoms with Gasteiger partial charge in [-0.15, -0.1) is 10.2 Å². The second-order valence-electron chi connectivity index (χ2n) is 7.00. The van der Waals surface area contributed by atoms with Gasteiger partial charge in [0.1, 0.15) is 0 Å². The molecular weight excluding hydrogens is 302 g/mol. The highest BCUT2D eigenvalue weighted by Crippen LogP contribution is 2.25. The average molecular weight is 329 g/mol. The van der Waals surface area contributed by atoms with Gasteiger partial charge in [0.2, 0.25) is 11.8 Å². The van der Waals surface area contributed by atoms with Crippen molar-refractivity contribution in [1.82, 2.24) is 15.1 Å². The highest BCUT2D eigenvalue weighted by molar-refractivity contribution is 5.27. The van der Waals surface area contributed by atoms with E-state index in [0.717, 1.165) is 25.8 Å². The van der Waals surface area contributed by atoms with E-state index in [1.54, 1.807) is 0 Å². The molecule has 1 fully saturated rings. The highest BCUT2D eigenvalue weighted by atomic mass is 16.4. The fourth-order valence-electron chi connectivity index (χ4n) is 3.49. The molecule has 5 heteroatoms. The van der Waals surface area contributed by atoms with Crippen molar-refractivity contribution in [2.75, 3.05) is 13.6 Å². The molecule has 0 bridgehead atoms. The van der Waals surface area contributed by atoms with Crippen LogP contribution < -0.4 is 0 Å². The maximum Gasteiger partial charge on any atom is 0.230 e. The predicted octanol–water partition coefficient (Wildman–Crippen LogP) is 2.95. The number of aliphatic hydroxyl groups excluding tert-OH is 1. The molecule has 0 saturated heterocycles. The molecule has 1 saturated carbocycles. The van der Waals surface area contributed by atoms with E-state index in [1.165, 1.54) is 17.5 Å². The molecule has 2 atom stereocenters. The number of hydrogen-bond acceptors (Lipinski definition) is 5. The molecule has 0 radical (unpaired) electrons. The minimum atomic E-state index is -0.166. The molecule has 1 aromatic carbocycles. The van der Waals surface area contributed by atoms with E-state index in [4.69, 9.17) is 4.42 Å². The van der Waals surface area contributed by atoms with Gasteiger partial charge in [0.15, 0.2) is 0 Å². The molecular formula is C19H27N3O2. The van der Waals surface area contributed by atoms with Gasteiger partial charge in [-0.1, -0.05) is 37.1 Å². The Labute approximate surface area is 143 Å². The first-order valence-electron chi connectivity index (χ1n) is 8.84. The molecule has 0 spiro atoms. The Kier molecular flexibility index (Phi) is 5.63. The van der Waals surface area contributed by atoms with Crippen molar-refractivity contribution in [2.24, 2.45) is 5.92 Å². The zero-order chi connectivity index (χ0) is 16.9. The van der Waals surface area contributed by atoms with Crippen LogP contribution in [0.5, 0.6) is 0 Å². The Morgan fingerprint density at radius 2 is 1.92 bits per heavy atom. The second kappa shape index (κ2) is 7.90. The highest BCUT2D eigenvalue weighted by Gasteiger charge is 2.24. The van der Waals surface area contributed by atoms with Crippen molar-refractivity contribution in [3.8, 4) is 0 Å². The van der Waals surface area contributed by atoms with Crippen LogP contribution >= 0.6 is 0 Å². The van der Waals surface area contributed by atoms with Crippen molar-refractivity contribution in [1.29, 1.82) is 0 Å². The van der Waals surface area contributed by atoms with Crippen molar-refractivity contribution >= 4 is 0 Å². The molecule has 24 heavy (non-hydrogen) atoms. The lowest BCUT2D eigenvalue weighted by atomic mass is 9.86. The van der Waals surface area contributed by atoms with Crippen molar-refractivity contribution in [3.05, 3.63) is 47.2 Å². The third-order valence-electron chi connectivity index (χ3n) is 4.93. The first-order chi connectivity index (χ1) is 11.6. The largest absolute Gasteiger partial charge is 0.424 e. The molecule has 1 aliphatic rings. The minimum absolute atomic E-state index is 0.166. The molecule has 0 aliphatic heterocycles. The van der Waals surface area contributed by atoms with Crippen LogP contribution in [0, 0.1) is 12.8 Å². The summed E-state index contributed by atoms with van der Waals surface area (Å²) in [6.07, 6.45) is 4.91. The smallest absolute Gasteiger partial charge is 0.230 e. The zero-order valence-corrected chi connectivity index (χ0v) is 14.6. The standard InChI is InChI=1S/C19H27N3O2/c1-14-7-3-4-8-15(14)11-18-20-21-19(24-18)13-22(2)12-16-9-5-6-10-17(16)23/h3-4,7-8,16-17,23H,5-6,9-13H2,1-2H3. The molecule has 2 unspecified atom stereocenters. The van der Waals surface area contributed by atoms with Gasteiger partial charge in [-0.2, -0.15) is 0 Å². The molecule has 2 aromatic rings. The Morgan fingerprint density at radius 3 is 2.71 bits per heavy atom. The van der Waals surface area contributed by atoms with Crippen LogP contribution in [-0.2, 0) is 13.0 Å². The van der Waals surface area contributed by atoms with E-state index in [0.29, 0.717) is 30.7 Å². The SMILES string of the molecule is Cc1ccccc1Cc1nnc(CN(C)CC2CCCCC2O)o1. The molecule has 5 nitrogen and oxygen atoms in total. The van der Waals surface area contributed by atoms with Crippen molar-refractivity contribution in [2.45, 2.75) is 51.7 Å². The summed E-state index contributed by atoms with van der Waals surface area (Å²) in [6.45, 7) is 3.59. The maximum atomic E-state index is 10.1. The predicted molar refractivity (Wildman–Crippen MR) is 92.6 cm³/mol. The summed E-state index contributed by atoms with van der Waals surface area (Å²) in [4.78, 5) is 2.17. The van der Waals surface area contributed by atoms with Gasteiger partial charge >= 0.3 is 0 Å². The van der Waals surface area contributed by atoms with Crippen LogP contribution in [0.3, 0.4) is 0 Å². The Morgan fingerprint density at radius 1 is 1.17 bits per heavy atom. The third-order valence-corrected chi connectivity index (χ3v) is 4.93. The Hall–Kier alpha value is -1.72. The summed E-state index contributed by atoms with van der Waals surface area (Å²) >= 11 is 0. The number of aromatic nitrogens is 2. The van der Waals surface area contributed by atoms with Gasteiger partial charge in [0.05, 0.1) is 19.1 Å². The first kappa shape index (κ1) is 17.1. The molecule has 1 aliphatic carbocycles. The van der Waals surface area contributed by atoms with Gasteiger partial charge in [0.25, 0.3) is 0 Å². The Bertz CT molecular complexity index is 656. The van der Waals surface area contributed by atoms with Gasteiger partial charge in [-0.25, -0.2) is 0 Å². The number of nitrogens with zero attached hydrogens (tertiary/aromatic N) is 3. The van der Waals surface area contributed by atoms with Crippen molar-refractivity contribution in [3.63, 3.8) is 0 Å². The minimum Gasteiger partial charge on any atom is -0.424 e. The van der Waals surface area contributed by atoms with E-state index in [2.05, 4.69) is 34.2 Å². The lowest BCUT2D eigenvalue weighted by Gasteiger charge is -2.30. The zero-order valence-electron chi connectivity index (χ0n) is 14.6. The van der Waals surface area contributed by atoms with E-state index < -0.39 is 0 Å². The van der Waals surface area contributed by atoms with Gasteiger partial charge in [0, 0.05) is 6.54 Å². The summed E-state index contributed by atoms with van der Waals surface area (Å²) < 4.78 is 5.80. The summed E-state index contributed by atoms with van der Waals surface area (Å²) in [5.41, 5.74) is 2.45. The molecule has 1 aromatic heterocycles. The topological polar surface area (TPSA) is 62.4 Å². The van der Waals surface area contributed by atoms with E-state index in [-0.39, 0.29) is 6.10 Å². The van der Waals surface area contributed by atoms with Crippen LogP contribution in [0.1, 0.15) is 48.6 Å². The van der Waals surface area contributed by atoms with Crippen molar-refractivity contribution < 1.29 is 9.52 Å². The van der Waals surface area contributed by atoms with Crippen LogP contribution in [0.15, 0.2) is 28.7 Å². The average Bonchev–Trinajstić information content (AvgIpc) is 2.99. The fourth-order valence-corrected chi connectivity index (χ4v) is 3.49. The first-order valence-corrected chi connectivity index (χ1v) is 8.84. The molecule has 0 amide bonds. The summed E-state index contributed by atoms with van der Waals surface area (Å²) in [5.74, 6) is 1.66. The second-order valence-corrected chi connectivity index (χ2v) is 7.00. The molecule has 130 valence electrons. The van der Waals surface area contributed by atoms with Gasteiger partial charge in [-0.05, 0) is 43.9 Å². The van der Waals surface area contributed by atoms with Gasteiger partial charge in [-0.3, -0.25) is 4.90 Å². The lowest BCUT2D eigenvalue weighted by Crippen LogP contribution is -2.34. The van der Waals surface area contributed by atoms with Crippen LogP contribution in [-0.4, -0.2) is 39.9 Å². The molecule has 1 N–H and O–H groups in total. The summed E-state index contributed by atoms with van der Waals surface area (Å²) in [7, 11) is 2.05. The summed E-state index contributed by atoms with van der Waals surface area (Å²) in [5, 5.41) is 18.4. The van der Waals surface area contributed by atoms with Crippen LogP contribution in [0.2, 0.25) is 0 Å². The normalized spacial score (nSPS) is 21.3. The van der Waals surface area contributed by atoms with E-state index in [1.807, 2.05) is 19.2 Å². The quantitative estimate of drug-likeness (QED) is 0.883. The molecule has 3 rings (SSSR count). The number of rotatable bonds is 6. The molecule has 1 heterocycles. The van der Waals surface area contributed by atoms with Crippen LogP contribution in [0.25, 0.3) is 0 Å². The Balaban J connectivity index is 1.54. The van der Waals surface area contributed by atoms with E-state index >= 15 is 0 Å². The number of aryl methyl sites for hydroxylation is 1. The van der Waals surface area contributed by atoms with E-state index in [9.17, 15) is 5.11 Å². The summed E-state index contributed by atoms with van der Waals surface area (Å²) in [6, 6.07) is 8.25. The number of aliphatic hydroxyl groups is 1. The van der Waals surface area contributed by atoms with Crippen LogP contribution in [0.4, 0.5) is 0 Å². The number of hydrogen-bond donors (Lipinski definition) is 1. The van der Waals surface area contributed by atoms with Gasteiger partial charge < -0.3 is 9.52 Å².